The van der Waals surface area contributed by atoms with Gasteiger partial charge in [0.05, 0.1) is 9.79 Å². The number of anilines is 1. The van der Waals surface area contributed by atoms with Gasteiger partial charge in [-0.2, -0.15) is 0 Å². The monoisotopic (exact) mass is 402 g/mol. The van der Waals surface area contributed by atoms with Crippen LogP contribution in [0.25, 0.3) is 0 Å². The van der Waals surface area contributed by atoms with Gasteiger partial charge in [0.15, 0.2) is 0 Å². The van der Waals surface area contributed by atoms with Crippen LogP contribution in [0, 0.1) is 0 Å². The molecule has 6 nitrogen and oxygen atoms in total. The van der Waals surface area contributed by atoms with Crippen LogP contribution in [-0.4, -0.2) is 25.1 Å². The average Bonchev–Trinajstić information content (AvgIpc) is 2.44. The second-order valence-corrected chi connectivity index (χ2v) is 8.83. The van der Waals surface area contributed by atoms with Crippen LogP contribution in [0.5, 0.6) is 0 Å². The van der Waals surface area contributed by atoms with Gasteiger partial charge in [0.1, 0.15) is 15.9 Å². The van der Waals surface area contributed by atoms with E-state index >= 15 is 0 Å². The first-order chi connectivity index (χ1) is 11.5. The van der Waals surface area contributed by atoms with E-state index in [1.54, 1.807) is 20.8 Å². The Kier molecular flexibility index (Phi) is 5.61. The Morgan fingerprint density at radius 3 is 2.04 bits per heavy atom. The lowest BCUT2D eigenvalue weighted by molar-refractivity contribution is 0.0636. The zero-order valence-corrected chi connectivity index (χ0v) is 16.0. The fourth-order valence-corrected chi connectivity index (χ4v) is 3.76. The first kappa shape index (κ1) is 19.5. The van der Waals surface area contributed by atoms with Crippen molar-refractivity contribution in [2.24, 2.45) is 0 Å². The van der Waals surface area contributed by atoms with Crippen molar-refractivity contribution >= 4 is 44.8 Å². The van der Waals surface area contributed by atoms with Crippen molar-refractivity contribution in [2.45, 2.75) is 36.2 Å². The molecule has 1 amide bonds. The van der Waals surface area contributed by atoms with E-state index in [9.17, 15) is 13.2 Å². The van der Waals surface area contributed by atoms with Crippen LogP contribution in [0.2, 0.25) is 10.3 Å². The zero-order chi connectivity index (χ0) is 18.8. The Hall–Kier alpha value is -1.83. The van der Waals surface area contributed by atoms with Crippen LogP contribution in [-0.2, 0) is 14.6 Å². The summed E-state index contributed by atoms with van der Waals surface area (Å²) in [5.41, 5.74) is -0.230. The molecule has 9 heteroatoms. The van der Waals surface area contributed by atoms with Gasteiger partial charge in [-0.3, -0.25) is 5.32 Å². The van der Waals surface area contributed by atoms with Crippen molar-refractivity contribution in [3.05, 3.63) is 46.7 Å². The Bertz CT molecular complexity index is 871. The Morgan fingerprint density at radius 2 is 1.56 bits per heavy atom. The van der Waals surface area contributed by atoms with E-state index in [1.165, 1.54) is 36.4 Å². The number of carbonyl (C=O) groups excluding carboxylic acids is 1. The summed E-state index contributed by atoms with van der Waals surface area (Å²) in [5, 5.41) is 2.49. The second kappa shape index (κ2) is 7.19. The van der Waals surface area contributed by atoms with Gasteiger partial charge in [0.2, 0.25) is 9.84 Å². The predicted octanol–water partition coefficient (Wildman–Crippen LogP) is 4.57. The smallest absolute Gasteiger partial charge is 0.412 e. The molecular weight excluding hydrogens is 387 g/mol. The first-order valence-electron chi connectivity index (χ1n) is 7.16. The Labute approximate surface area is 156 Å². The number of hydrogen-bond donors (Lipinski definition) is 1. The number of sulfone groups is 1. The summed E-state index contributed by atoms with van der Waals surface area (Å²) >= 11 is 11.5. The summed E-state index contributed by atoms with van der Waals surface area (Å²) in [5.74, 6) is 0. The van der Waals surface area contributed by atoms with E-state index in [0.717, 1.165) is 0 Å². The highest BCUT2D eigenvalue weighted by molar-refractivity contribution is 7.91. The molecule has 0 spiro atoms. The zero-order valence-electron chi connectivity index (χ0n) is 13.7. The number of carbonyl (C=O) groups is 1. The average molecular weight is 403 g/mol. The third kappa shape index (κ3) is 5.32. The molecule has 0 aliphatic heterocycles. The van der Waals surface area contributed by atoms with E-state index in [4.69, 9.17) is 27.9 Å². The maximum Gasteiger partial charge on any atom is 0.412 e. The molecule has 0 unspecified atom stereocenters. The van der Waals surface area contributed by atoms with Crippen LogP contribution in [0.4, 0.5) is 10.5 Å². The van der Waals surface area contributed by atoms with Crippen molar-refractivity contribution < 1.29 is 17.9 Å². The fraction of sp³-hybridized carbons (Fsp3) is 0.250. The van der Waals surface area contributed by atoms with Crippen LogP contribution < -0.4 is 5.32 Å². The minimum atomic E-state index is -3.81. The molecule has 1 aromatic carbocycles. The number of rotatable bonds is 3. The molecule has 25 heavy (non-hydrogen) atoms. The van der Waals surface area contributed by atoms with E-state index in [2.05, 4.69) is 10.3 Å². The third-order valence-corrected chi connectivity index (χ3v) is 4.99. The number of ether oxygens (including phenoxy) is 1. The van der Waals surface area contributed by atoms with Crippen molar-refractivity contribution in [3.8, 4) is 0 Å². The number of halogens is 2. The molecule has 0 bridgehead atoms. The molecule has 2 aromatic rings. The summed E-state index contributed by atoms with van der Waals surface area (Å²) in [6.45, 7) is 5.23. The van der Waals surface area contributed by atoms with Crippen LogP contribution in [0.1, 0.15) is 20.8 Å². The highest BCUT2D eigenvalue weighted by atomic mass is 35.5. The van der Waals surface area contributed by atoms with E-state index < -0.39 is 21.5 Å². The van der Waals surface area contributed by atoms with Crippen molar-refractivity contribution in [3.63, 3.8) is 0 Å². The van der Waals surface area contributed by atoms with Gasteiger partial charge in [-0.05, 0) is 57.2 Å². The van der Waals surface area contributed by atoms with Gasteiger partial charge in [-0.1, -0.05) is 23.2 Å². The van der Waals surface area contributed by atoms with Gasteiger partial charge in [0, 0.05) is 5.69 Å². The Balaban J connectivity index is 2.23. The van der Waals surface area contributed by atoms with E-state index in [1.807, 2.05) is 0 Å². The number of benzene rings is 1. The molecule has 0 fully saturated rings. The molecule has 134 valence electrons. The highest BCUT2D eigenvalue weighted by Crippen LogP contribution is 2.26. The summed E-state index contributed by atoms with van der Waals surface area (Å²) in [6, 6.07) is 8.09. The molecule has 1 N–H and O–H groups in total. The lowest BCUT2D eigenvalue weighted by atomic mass is 10.2. The lowest BCUT2D eigenvalue weighted by Gasteiger charge is -2.19. The van der Waals surface area contributed by atoms with Crippen molar-refractivity contribution in [1.29, 1.82) is 0 Å². The number of pyridine rings is 1. The highest BCUT2D eigenvalue weighted by Gasteiger charge is 2.20. The second-order valence-electron chi connectivity index (χ2n) is 6.10. The molecule has 1 aromatic heterocycles. The lowest BCUT2D eigenvalue weighted by Crippen LogP contribution is -2.27. The maximum absolute atomic E-state index is 12.6. The molecular formula is C16H16Cl2N2O4S. The van der Waals surface area contributed by atoms with E-state index in [0.29, 0.717) is 5.69 Å². The number of nitrogens with one attached hydrogen (secondary N) is 1. The molecule has 2 rings (SSSR count). The van der Waals surface area contributed by atoms with Crippen LogP contribution in [0.15, 0.2) is 46.2 Å². The SMILES string of the molecule is CC(C)(C)OC(=O)Nc1ccc(S(=O)(=O)c2cc(Cl)nc(Cl)c2)cc1. The molecule has 0 radical (unpaired) electrons. The number of aromatic nitrogens is 1. The summed E-state index contributed by atoms with van der Waals surface area (Å²) < 4.78 is 30.3. The quantitative estimate of drug-likeness (QED) is 0.759. The van der Waals surface area contributed by atoms with Crippen LogP contribution in [0.3, 0.4) is 0 Å². The summed E-state index contributed by atoms with van der Waals surface area (Å²) in [6.07, 6.45) is -0.629. The minimum absolute atomic E-state index is 0.0192. The maximum atomic E-state index is 12.6. The molecule has 1 heterocycles. The van der Waals surface area contributed by atoms with Crippen LogP contribution >= 0.6 is 23.2 Å². The number of hydrogen-bond acceptors (Lipinski definition) is 5. The van der Waals surface area contributed by atoms with Gasteiger partial charge >= 0.3 is 6.09 Å². The third-order valence-electron chi connectivity index (χ3n) is 2.86. The van der Waals surface area contributed by atoms with Gasteiger partial charge in [-0.25, -0.2) is 18.2 Å². The van der Waals surface area contributed by atoms with Crippen molar-refractivity contribution in [1.82, 2.24) is 4.98 Å². The minimum Gasteiger partial charge on any atom is -0.444 e. The van der Waals surface area contributed by atoms with Crippen molar-refractivity contribution in [2.75, 3.05) is 5.32 Å². The number of nitrogens with zero attached hydrogens (tertiary/aromatic N) is 1. The summed E-state index contributed by atoms with van der Waals surface area (Å²) in [7, 11) is -3.81. The van der Waals surface area contributed by atoms with Gasteiger partial charge in [0.25, 0.3) is 0 Å². The van der Waals surface area contributed by atoms with Gasteiger partial charge in [-0.15, -0.1) is 0 Å². The first-order valence-corrected chi connectivity index (χ1v) is 9.39. The normalized spacial score (nSPS) is 11.9. The molecule has 0 aliphatic rings. The predicted molar refractivity (Wildman–Crippen MR) is 96.0 cm³/mol. The summed E-state index contributed by atoms with van der Waals surface area (Å²) in [4.78, 5) is 15.4. The largest absolute Gasteiger partial charge is 0.444 e. The standard InChI is InChI=1S/C16H16Cl2N2O4S/c1-16(2,3)24-15(21)19-10-4-6-11(7-5-10)25(22,23)12-8-13(17)20-14(18)9-12/h4-9H,1-3H3,(H,19,21). The fourth-order valence-electron chi connectivity index (χ4n) is 1.87. The van der Waals surface area contributed by atoms with E-state index in [-0.39, 0.29) is 20.1 Å². The Morgan fingerprint density at radius 1 is 1.04 bits per heavy atom. The number of amides is 1. The molecule has 0 saturated heterocycles. The molecule has 0 atom stereocenters. The molecule has 0 aliphatic carbocycles. The van der Waals surface area contributed by atoms with Gasteiger partial charge < -0.3 is 4.74 Å². The topological polar surface area (TPSA) is 85.4 Å². The molecule has 0 saturated carbocycles.